The Hall–Kier alpha value is -0.750. The number of hydrazine groups is 1. The fourth-order valence-electron chi connectivity index (χ4n) is 1.15. The van der Waals surface area contributed by atoms with Crippen molar-refractivity contribution in [1.29, 1.82) is 0 Å². The lowest BCUT2D eigenvalue weighted by molar-refractivity contribution is -0.139. The van der Waals surface area contributed by atoms with E-state index in [4.69, 9.17) is 10.6 Å². The van der Waals surface area contributed by atoms with Gasteiger partial charge in [-0.2, -0.15) is 13.2 Å². The second-order valence-corrected chi connectivity index (χ2v) is 2.78. The van der Waals surface area contributed by atoms with Crippen LogP contribution in [0.15, 0.2) is 11.8 Å². The highest BCUT2D eigenvalue weighted by Crippen LogP contribution is 2.26. The van der Waals surface area contributed by atoms with E-state index in [1.165, 1.54) is 0 Å². The Labute approximate surface area is 73.7 Å². The van der Waals surface area contributed by atoms with Crippen LogP contribution < -0.4 is 11.3 Å². The van der Waals surface area contributed by atoms with Gasteiger partial charge in [0.05, 0.1) is 19.1 Å². The molecule has 0 fully saturated rings. The highest BCUT2D eigenvalue weighted by molar-refractivity contribution is 5.07. The molecule has 0 saturated heterocycles. The molecule has 3 nitrogen and oxygen atoms in total. The Morgan fingerprint density at radius 1 is 1.62 bits per heavy atom. The minimum absolute atomic E-state index is 0.292. The van der Waals surface area contributed by atoms with Gasteiger partial charge in [0.2, 0.25) is 0 Å². The van der Waals surface area contributed by atoms with Crippen molar-refractivity contribution in [1.82, 2.24) is 5.43 Å². The van der Waals surface area contributed by atoms with E-state index in [1.807, 2.05) is 0 Å². The molecule has 1 rings (SSSR count). The van der Waals surface area contributed by atoms with Gasteiger partial charge in [-0.15, -0.1) is 0 Å². The molecule has 76 valence electrons. The fourth-order valence-corrected chi connectivity index (χ4v) is 1.15. The summed E-state index contributed by atoms with van der Waals surface area (Å²) in [6.07, 6.45) is -2.97. The van der Waals surface area contributed by atoms with Crippen LogP contribution >= 0.6 is 0 Å². The van der Waals surface area contributed by atoms with Crippen LogP contribution in [0.3, 0.4) is 0 Å². The van der Waals surface area contributed by atoms with E-state index >= 15 is 0 Å². The molecule has 13 heavy (non-hydrogen) atoms. The topological polar surface area (TPSA) is 47.3 Å². The Balaban J connectivity index is 2.52. The largest absolute Gasteiger partial charge is 0.496 e. The van der Waals surface area contributed by atoms with Crippen LogP contribution in [0, 0.1) is 0 Å². The molecule has 1 heterocycles. The van der Waals surface area contributed by atoms with E-state index < -0.39 is 18.6 Å². The first-order chi connectivity index (χ1) is 6.03. The monoisotopic (exact) mass is 196 g/mol. The lowest BCUT2D eigenvalue weighted by atomic mass is 10.1. The number of ether oxygens (including phenoxy) is 1. The fraction of sp³-hybridized carbons (Fsp3) is 0.714. The molecule has 0 aromatic rings. The van der Waals surface area contributed by atoms with Crippen molar-refractivity contribution in [3.05, 3.63) is 11.8 Å². The van der Waals surface area contributed by atoms with Crippen LogP contribution in [0.25, 0.3) is 0 Å². The Morgan fingerprint density at radius 2 is 2.31 bits per heavy atom. The third kappa shape index (κ3) is 3.23. The van der Waals surface area contributed by atoms with Gasteiger partial charge in [-0.3, -0.25) is 5.84 Å². The van der Waals surface area contributed by atoms with Crippen molar-refractivity contribution in [3.63, 3.8) is 0 Å². The number of halogens is 3. The lowest BCUT2D eigenvalue weighted by Gasteiger charge is -2.18. The predicted molar refractivity (Wildman–Crippen MR) is 40.4 cm³/mol. The zero-order valence-corrected chi connectivity index (χ0v) is 6.90. The molecule has 0 spiro atoms. The molecule has 6 heteroatoms. The van der Waals surface area contributed by atoms with Crippen molar-refractivity contribution < 1.29 is 17.9 Å². The van der Waals surface area contributed by atoms with Crippen molar-refractivity contribution in [2.45, 2.75) is 25.1 Å². The molecule has 0 aliphatic carbocycles. The van der Waals surface area contributed by atoms with Crippen LogP contribution in [0.4, 0.5) is 13.2 Å². The van der Waals surface area contributed by atoms with Crippen LogP contribution in [-0.4, -0.2) is 18.8 Å². The minimum atomic E-state index is -4.23. The molecular weight excluding hydrogens is 185 g/mol. The minimum Gasteiger partial charge on any atom is -0.496 e. The molecule has 3 N–H and O–H groups in total. The van der Waals surface area contributed by atoms with E-state index in [9.17, 15) is 13.2 Å². The molecule has 1 unspecified atom stereocenters. The van der Waals surface area contributed by atoms with Crippen LogP contribution in [0.2, 0.25) is 0 Å². The van der Waals surface area contributed by atoms with Gasteiger partial charge in [0, 0.05) is 6.42 Å². The van der Waals surface area contributed by atoms with E-state index in [-0.39, 0.29) is 0 Å². The molecule has 1 atom stereocenters. The van der Waals surface area contributed by atoms with E-state index in [0.29, 0.717) is 18.8 Å². The number of nitrogens with one attached hydrogen (secondary N) is 1. The Bertz CT molecular complexity index is 202. The number of alkyl halides is 3. The quantitative estimate of drug-likeness (QED) is 0.524. The van der Waals surface area contributed by atoms with Gasteiger partial charge in [-0.1, -0.05) is 0 Å². The first-order valence-electron chi connectivity index (χ1n) is 3.88. The maximum atomic E-state index is 12.0. The van der Waals surface area contributed by atoms with Gasteiger partial charge in [0.1, 0.15) is 5.76 Å². The molecule has 1 aliphatic heterocycles. The number of hydrogen-bond acceptors (Lipinski definition) is 3. The van der Waals surface area contributed by atoms with Crippen molar-refractivity contribution in [2.75, 3.05) is 6.61 Å². The van der Waals surface area contributed by atoms with Gasteiger partial charge >= 0.3 is 6.18 Å². The number of nitrogens with two attached hydrogens (primary N) is 1. The molecule has 0 radical (unpaired) electrons. The summed E-state index contributed by atoms with van der Waals surface area (Å²) in [6.45, 7) is 0.436. The number of hydrogen-bond donors (Lipinski definition) is 2. The molecule has 1 aliphatic rings. The van der Waals surface area contributed by atoms with E-state index in [2.05, 4.69) is 5.43 Å². The highest BCUT2D eigenvalue weighted by atomic mass is 19.4. The second-order valence-electron chi connectivity index (χ2n) is 2.78. The van der Waals surface area contributed by atoms with Crippen LogP contribution in [-0.2, 0) is 4.74 Å². The van der Waals surface area contributed by atoms with Crippen molar-refractivity contribution in [3.8, 4) is 0 Å². The summed E-state index contributed by atoms with van der Waals surface area (Å²) in [5, 5.41) is 0. The van der Waals surface area contributed by atoms with Crippen molar-refractivity contribution in [2.24, 2.45) is 5.84 Å². The molecule has 0 aromatic carbocycles. The predicted octanol–water partition coefficient (Wildman–Crippen LogP) is 1.07. The first kappa shape index (κ1) is 10.3. The van der Waals surface area contributed by atoms with E-state index in [0.717, 1.165) is 0 Å². The van der Waals surface area contributed by atoms with Gasteiger partial charge in [0.15, 0.2) is 0 Å². The Morgan fingerprint density at radius 3 is 2.69 bits per heavy atom. The van der Waals surface area contributed by atoms with E-state index in [1.54, 1.807) is 6.08 Å². The van der Waals surface area contributed by atoms with Gasteiger partial charge in [-0.25, -0.2) is 5.43 Å². The smallest absolute Gasteiger partial charge is 0.391 e. The molecule has 0 bridgehead atoms. The summed E-state index contributed by atoms with van der Waals surface area (Å²) >= 11 is 0. The second kappa shape index (κ2) is 3.97. The standard InChI is InChI=1S/C7H11F3N2O/c8-7(9,10)4-5(12-11)6-2-1-3-13-6/h2,5,12H,1,3-4,11H2. The molecular formula is C7H11F3N2O. The third-order valence-corrected chi connectivity index (χ3v) is 1.71. The lowest BCUT2D eigenvalue weighted by Crippen LogP contribution is -2.40. The summed E-state index contributed by atoms with van der Waals surface area (Å²) in [5.74, 6) is 5.28. The zero-order valence-electron chi connectivity index (χ0n) is 6.90. The summed E-state index contributed by atoms with van der Waals surface area (Å²) in [6, 6.07) is -0.956. The van der Waals surface area contributed by atoms with Crippen LogP contribution in [0.1, 0.15) is 12.8 Å². The zero-order chi connectivity index (χ0) is 9.90. The molecule has 0 amide bonds. The average Bonchev–Trinajstić information content (AvgIpc) is 2.50. The maximum Gasteiger partial charge on any atom is 0.391 e. The maximum absolute atomic E-state index is 12.0. The number of rotatable bonds is 3. The molecule has 0 aromatic heterocycles. The summed E-state index contributed by atoms with van der Waals surface area (Å²) in [5.41, 5.74) is 2.09. The Kier molecular flexibility index (Phi) is 3.16. The average molecular weight is 196 g/mol. The first-order valence-corrected chi connectivity index (χ1v) is 3.88. The summed E-state index contributed by atoms with van der Waals surface area (Å²) in [7, 11) is 0. The van der Waals surface area contributed by atoms with Gasteiger partial charge < -0.3 is 4.74 Å². The normalized spacial score (nSPS) is 19.5. The van der Waals surface area contributed by atoms with Gasteiger partial charge in [0.25, 0.3) is 0 Å². The SMILES string of the molecule is NNC(CC(F)(F)F)C1=CCCO1. The van der Waals surface area contributed by atoms with Gasteiger partial charge in [-0.05, 0) is 6.08 Å². The highest BCUT2D eigenvalue weighted by Gasteiger charge is 2.34. The summed E-state index contributed by atoms with van der Waals surface area (Å²) < 4.78 is 40.9. The van der Waals surface area contributed by atoms with Crippen LogP contribution in [0.5, 0.6) is 0 Å². The third-order valence-electron chi connectivity index (χ3n) is 1.71. The molecule has 0 saturated carbocycles. The summed E-state index contributed by atoms with van der Waals surface area (Å²) in [4.78, 5) is 0. The van der Waals surface area contributed by atoms with Crippen molar-refractivity contribution >= 4 is 0 Å².